The van der Waals surface area contributed by atoms with Crippen molar-refractivity contribution in [1.29, 1.82) is 0 Å². The van der Waals surface area contributed by atoms with E-state index in [2.05, 4.69) is 43.9 Å². The lowest BCUT2D eigenvalue weighted by molar-refractivity contribution is 1.10. The lowest BCUT2D eigenvalue weighted by atomic mass is 10.0. The van der Waals surface area contributed by atoms with E-state index in [0.29, 0.717) is 0 Å². The van der Waals surface area contributed by atoms with E-state index in [4.69, 9.17) is 4.98 Å². The summed E-state index contributed by atoms with van der Waals surface area (Å²) >= 11 is 1.74. The Labute approximate surface area is 107 Å². The normalized spacial score (nSPS) is 10.6. The maximum atomic E-state index is 4.69. The van der Waals surface area contributed by atoms with Crippen LogP contribution in [0.25, 0.3) is 11.3 Å². The van der Waals surface area contributed by atoms with Crippen molar-refractivity contribution in [2.45, 2.75) is 20.8 Å². The number of rotatable bonds is 2. The first-order valence-corrected chi connectivity index (χ1v) is 6.53. The molecule has 0 aliphatic heterocycles. The molecule has 0 unspecified atom stereocenters. The molecule has 2 nitrogen and oxygen atoms in total. The van der Waals surface area contributed by atoms with Gasteiger partial charge in [-0.25, -0.2) is 4.98 Å². The molecule has 17 heavy (non-hydrogen) atoms. The number of aryl methyl sites for hydroxylation is 3. The van der Waals surface area contributed by atoms with Crippen molar-refractivity contribution in [1.82, 2.24) is 4.98 Å². The third-order valence-corrected chi connectivity index (χ3v) is 4.09. The van der Waals surface area contributed by atoms with Crippen LogP contribution in [-0.4, -0.2) is 19.1 Å². The van der Waals surface area contributed by atoms with Gasteiger partial charge in [0, 0.05) is 24.5 Å². The Morgan fingerprint density at radius 1 is 1.06 bits per heavy atom. The standard InChI is InChI=1S/C14H18N2S/c1-9-6-7-12(8-10(9)2)13-11(3)17-14(15-13)16(4)5/h6-8H,1-5H3. The van der Waals surface area contributed by atoms with Gasteiger partial charge in [0.1, 0.15) is 0 Å². The first kappa shape index (κ1) is 12.1. The highest BCUT2D eigenvalue weighted by Gasteiger charge is 2.11. The van der Waals surface area contributed by atoms with Crippen LogP contribution in [0.15, 0.2) is 18.2 Å². The number of hydrogen-bond acceptors (Lipinski definition) is 3. The molecule has 1 aromatic heterocycles. The van der Waals surface area contributed by atoms with Gasteiger partial charge in [0.05, 0.1) is 5.69 Å². The van der Waals surface area contributed by atoms with Gasteiger partial charge in [0.15, 0.2) is 5.13 Å². The molecule has 90 valence electrons. The van der Waals surface area contributed by atoms with E-state index in [9.17, 15) is 0 Å². The van der Waals surface area contributed by atoms with Crippen LogP contribution in [0.3, 0.4) is 0 Å². The minimum absolute atomic E-state index is 1.07. The van der Waals surface area contributed by atoms with Gasteiger partial charge in [0.25, 0.3) is 0 Å². The Morgan fingerprint density at radius 3 is 2.29 bits per heavy atom. The summed E-state index contributed by atoms with van der Waals surface area (Å²) in [6, 6.07) is 6.54. The van der Waals surface area contributed by atoms with E-state index >= 15 is 0 Å². The molecule has 0 N–H and O–H groups in total. The maximum absolute atomic E-state index is 4.69. The fraction of sp³-hybridized carbons (Fsp3) is 0.357. The number of anilines is 1. The van der Waals surface area contributed by atoms with Crippen LogP contribution < -0.4 is 4.90 Å². The second-order valence-corrected chi connectivity index (χ2v) is 5.78. The Balaban J connectivity index is 2.49. The van der Waals surface area contributed by atoms with E-state index < -0.39 is 0 Å². The van der Waals surface area contributed by atoms with Crippen molar-refractivity contribution in [2.75, 3.05) is 19.0 Å². The zero-order valence-electron chi connectivity index (χ0n) is 11.0. The highest BCUT2D eigenvalue weighted by Crippen LogP contribution is 2.32. The fourth-order valence-corrected chi connectivity index (χ4v) is 2.58. The Kier molecular flexibility index (Phi) is 3.20. The maximum Gasteiger partial charge on any atom is 0.185 e. The summed E-state index contributed by atoms with van der Waals surface area (Å²) in [4.78, 5) is 8.03. The lowest BCUT2D eigenvalue weighted by Crippen LogP contribution is -2.07. The smallest absolute Gasteiger partial charge is 0.185 e. The molecule has 1 heterocycles. The third-order valence-electron chi connectivity index (χ3n) is 2.95. The first-order valence-electron chi connectivity index (χ1n) is 5.71. The Bertz CT molecular complexity index is 541. The van der Waals surface area contributed by atoms with Gasteiger partial charge in [-0.15, -0.1) is 11.3 Å². The van der Waals surface area contributed by atoms with Crippen LogP contribution in [0.1, 0.15) is 16.0 Å². The average molecular weight is 246 g/mol. The summed E-state index contributed by atoms with van der Waals surface area (Å²) in [6.45, 7) is 6.42. The molecular weight excluding hydrogens is 228 g/mol. The minimum Gasteiger partial charge on any atom is -0.354 e. The average Bonchev–Trinajstić information content (AvgIpc) is 2.65. The number of hydrogen-bond donors (Lipinski definition) is 0. The predicted octanol–water partition coefficient (Wildman–Crippen LogP) is 3.80. The molecule has 0 fully saturated rings. The van der Waals surface area contributed by atoms with E-state index in [1.54, 1.807) is 11.3 Å². The van der Waals surface area contributed by atoms with Crippen LogP contribution in [-0.2, 0) is 0 Å². The molecule has 0 saturated heterocycles. The lowest BCUT2D eigenvalue weighted by Gasteiger charge is -2.06. The van der Waals surface area contributed by atoms with Gasteiger partial charge in [-0.2, -0.15) is 0 Å². The van der Waals surface area contributed by atoms with Gasteiger partial charge in [0.2, 0.25) is 0 Å². The van der Waals surface area contributed by atoms with Crippen molar-refractivity contribution >= 4 is 16.5 Å². The molecule has 0 atom stereocenters. The van der Waals surface area contributed by atoms with Crippen LogP contribution in [0.5, 0.6) is 0 Å². The number of benzene rings is 1. The van der Waals surface area contributed by atoms with Crippen molar-refractivity contribution in [3.63, 3.8) is 0 Å². The molecule has 2 rings (SSSR count). The molecule has 1 aromatic carbocycles. The highest BCUT2D eigenvalue weighted by atomic mass is 32.1. The zero-order valence-corrected chi connectivity index (χ0v) is 11.9. The van der Waals surface area contributed by atoms with Crippen molar-refractivity contribution < 1.29 is 0 Å². The summed E-state index contributed by atoms with van der Waals surface area (Å²) in [7, 11) is 4.06. The summed E-state index contributed by atoms with van der Waals surface area (Å²) < 4.78 is 0. The van der Waals surface area contributed by atoms with Gasteiger partial charge < -0.3 is 4.90 Å². The quantitative estimate of drug-likeness (QED) is 0.801. The summed E-state index contributed by atoms with van der Waals surface area (Å²) in [5.41, 5.74) is 4.98. The molecule has 0 aliphatic carbocycles. The highest BCUT2D eigenvalue weighted by molar-refractivity contribution is 7.16. The molecule has 0 spiro atoms. The molecule has 0 bridgehead atoms. The first-order chi connectivity index (χ1) is 7.99. The largest absolute Gasteiger partial charge is 0.354 e. The van der Waals surface area contributed by atoms with Gasteiger partial charge in [-0.1, -0.05) is 12.1 Å². The second kappa shape index (κ2) is 4.49. The van der Waals surface area contributed by atoms with Crippen LogP contribution >= 0.6 is 11.3 Å². The zero-order chi connectivity index (χ0) is 12.6. The minimum atomic E-state index is 1.07. The number of thiazole rings is 1. The fourth-order valence-electron chi connectivity index (χ4n) is 1.73. The molecule has 0 saturated carbocycles. The summed E-state index contributed by atoms with van der Waals surface area (Å²) in [6.07, 6.45) is 0. The monoisotopic (exact) mass is 246 g/mol. The van der Waals surface area contributed by atoms with Crippen LogP contribution in [0.4, 0.5) is 5.13 Å². The molecule has 3 heteroatoms. The second-order valence-electron chi connectivity index (χ2n) is 4.59. The van der Waals surface area contributed by atoms with Gasteiger partial charge >= 0.3 is 0 Å². The van der Waals surface area contributed by atoms with Gasteiger partial charge in [-0.05, 0) is 38.0 Å². The Hall–Kier alpha value is -1.35. The van der Waals surface area contributed by atoms with E-state index in [1.807, 2.05) is 14.1 Å². The van der Waals surface area contributed by atoms with Gasteiger partial charge in [-0.3, -0.25) is 0 Å². The molecule has 0 radical (unpaired) electrons. The van der Waals surface area contributed by atoms with Crippen LogP contribution in [0, 0.1) is 20.8 Å². The molecular formula is C14H18N2S. The molecule has 2 aromatic rings. The topological polar surface area (TPSA) is 16.1 Å². The Morgan fingerprint density at radius 2 is 1.76 bits per heavy atom. The number of nitrogens with zero attached hydrogens (tertiary/aromatic N) is 2. The SMILES string of the molecule is Cc1ccc(-c2nc(N(C)C)sc2C)cc1C. The molecule has 0 amide bonds. The van der Waals surface area contributed by atoms with Crippen molar-refractivity contribution in [3.8, 4) is 11.3 Å². The van der Waals surface area contributed by atoms with E-state index in [0.717, 1.165) is 10.8 Å². The van der Waals surface area contributed by atoms with Crippen LogP contribution in [0.2, 0.25) is 0 Å². The summed E-state index contributed by atoms with van der Waals surface area (Å²) in [5, 5.41) is 1.07. The number of aromatic nitrogens is 1. The van der Waals surface area contributed by atoms with E-state index in [1.165, 1.54) is 21.6 Å². The summed E-state index contributed by atoms with van der Waals surface area (Å²) in [5.74, 6) is 0. The van der Waals surface area contributed by atoms with Crippen molar-refractivity contribution in [3.05, 3.63) is 34.2 Å². The predicted molar refractivity (Wildman–Crippen MR) is 76.1 cm³/mol. The van der Waals surface area contributed by atoms with Crippen molar-refractivity contribution in [2.24, 2.45) is 0 Å². The molecule has 0 aliphatic rings. The third kappa shape index (κ3) is 2.34. The van der Waals surface area contributed by atoms with E-state index in [-0.39, 0.29) is 0 Å².